The predicted octanol–water partition coefficient (Wildman–Crippen LogP) is 5.83. The summed E-state index contributed by atoms with van der Waals surface area (Å²) in [6.07, 6.45) is 1.81. The largest absolute Gasteiger partial charge is 0.444 e. The Bertz CT molecular complexity index is 744. The Kier molecular flexibility index (Phi) is 9.29. The van der Waals surface area contributed by atoms with Gasteiger partial charge in [0.05, 0.1) is 18.8 Å². The molecule has 29 heavy (non-hydrogen) atoms. The smallest absolute Gasteiger partial charge is 0.407 e. The van der Waals surface area contributed by atoms with Gasteiger partial charge >= 0.3 is 6.09 Å². The highest BCUT2D eigenvalue weighted by molar-refractivity contribution is 7.99. The first-order valence-electron chi connectivity index (χ1n) is 9.81. The van der Waals surface area contributed by atoms with E-state index in [1.165, 1.54) is 0 Å². The number of nitrogens with one attached hydrogen (secondary N) is 1. The standard InChI is InChI=1S/C24H31NO3S/c1-5-12-22(27-17-19-13-8-6-9-14-19)21(25-23(26)28-24(2,3)4)18-29-20-15-10-7-11-16-20/h5-11,13-16,21-22H,1,12,17-18H2,2-4H3,(H,25,26)/t21-,22-/m1/s1. The van der Waals surface area contributed by atoms with E-state index in [0.29, 0.717) is 18.8 Å². The average Bonchev–Trinajstić information content (AvgIpc) is 2.68. The van der Waals surface area contributed by atoms with Gasteiger partial charge in [0.15, 0.2) is 0 Å². The molecule has 0 aliphatic carbocycles. The zero-order chi connectivity index (χ0) is 21.1. The van der Waals surface area contributed by atoms with Crippen molar-refractivity contribution in [1.29, 1.82) is 0 Å². The van der Waals surface area contributed by atoms with E-state index >= 15 is 0 Å². The Labute approximate surface area is 178 Å². The van der Waals surface area contributed by atoms with Crippen LogP contribution in [-0.4, -0.2) is 29.6 Å². The summed E-state index contributed by atoms with van der Waals surface area (Å²) in [6.45, 7) is 9.90. The second kappa shape index (κ2) is 11.7. The van der Waals surface area contributed by atoms with Crippen molar-refractivity contribution in [1.82, 2.24) is 5.32 Å². The topological polar surface area (TPSA) is 47.6 Å². The zero-order valence-electron chi connectivity index (χ0n) is 17.5. The van der Waals surface area contributed by atoms with Gasteiger partial charge in [-0.3, -0.25) is 0 Å². The molecule has 0 heterocycles. The monoisotopic (exact) mass is 413 g/mol. The summed E-state index contributed by atoms with van der Waals surface area (Å²) >= 11 is 1.68. The number of alkyl carbamates (subject to hydrolysis) is 1. The minimum absolute atomic E-state index is 0.212. The van der Waals surface area contributed by atoms with Crippen LogP contribution in [0, 0.1) is 0 Å². The van der Waals surface area contributed by atoms with E-state index in [4.69, 9.17) is 9.47 Å². The van der Waals surface area contributed by atoms with Gasteiger partial charge in [-0.15, -0.1) is 18.3 Å². The molecule has 1 N–H and O–H groups in total. The molecule has 0 radical (unpaired) electrons. The summed E-state index contributed by atoms with van der Waals surface area (Å²) in [7, 11) is 0. The summed E-state index contributed by atoms with van der Waals surface area (Å²) in [4.78, 5) is 13.6. The Morgan fingerprint density at radius 3 is 2.31 bits per heavy atom. The van der Waals surface area contributed by atoms with Gasteiger partial charge in [0.25, 0.3) is 0 Å². The fourth-order valence-corrected chi connectivity index (χ4v) is 3.71. The first-order chi connectivity index (χ1) is 13.9. The molecule has 0 aliphatic heterocycles. The van der Waals surface area contributed by atoms with Crippen LogP contribution in [0.1, 0.15) is 32.8 Å². The molecule has 0 saturated carbocycles. The molecule has 2 rings (SSSR count). The third kappa shape index (κ3) is 9.20. The summed E-state index contributed by atoms with van der Waals surface area (Å²) in [5, 5.41) is 3.01. The summed E-state index contributed by atoms with van der Waals surface area (Å²) < 4.78 is 11.7. The van der Waals surface area contributed by atoms with Crippen LogP contribution < -0.4 is 5.32 Å². The third-order valence-electron chi connectivity index (χ3n) is 4.03. The molecule has 0 spiro atoms. The van der Waals surface area contributed by atoms with Crippen LogP contribution in [0.2, 0.25) is 0 Å². The van der Waals surface area contributed by atoms with Gasteiger partial charge in [-0.25, -0.2) is 4.79 Å². The van der Waals surface area contributed by atoms with Crippen LogP contribution in [0.3, 0.4) is 0 Å². The van der Waals surface area contributed by atoms with Crippen molar-refractivity contribution in [2.45, 2.75) is 56.4 Å². The lowest BCUT2D eigenvalue weighted by Gasteiger charge is -2.29. The van der Waals surface area contributed by atoms with Crippen LogP contribution in [0.15, 0.2) is 78.2 Å². The molecular formula is C24H31NO3S. The van der Waals surface area contributed by atoms with E-state index in [1.807, 2.05) is 75.4 Å². The number of rotatable bonds is 10. The van der Waals surface area contributed by atoms with Crippen LogP contribution in [0.5, 0.6) is 0 Å². The molecule has 0 bridgehead atoms. The van der Waals surface area contributed by atoms with Gasteiger partial charge in [0, 0.05) is 10.6 Å². The van der Waals surface area contributed by atoms with Crippen LogP contribution in [-0.2, 0) is 16.1 Å². The van der Waals surface area contributed by atoms with Crippen molar-refractivity contribution in [2.75, 3.05) is 5.75 Å². The number of hydrogen-bond acceptors (Lipinski definition) is 4. The number of carbonyl (C=O) groups excluding carboxylic acids is 1. The molecule has 2 atom stereocenters. The van der Waals surface area contributed by atoms with Crippen molar-refractivity contribution in [3.8, 4) is 0 Å². The van der Waals surface area contributed by atoms with Gasteiger partial charge in [-0.05, 0) is 44.9 Å². The zero-order valence-corrected chi connectivity index (χ0v) is 18.3. The van der Waals surface area contributed by atoms with Crippen LogP contribution in [0.4, 0.5) is 4.79 Å². The molecule has 0 fully saturated rings. The minimum atomic E-state index is -0.556. The summed E-state index contributed by atoms with van der Waals surface area (Å²) in [5.41, 5.74) is 0.535. The number of thioether (sulfide) groups is 1. The second-order valence-electron chi connectivity index (χ2n) is 7.74. The number of carbonyl (C=O) groups is 1. The molecule has 1 amide bonds. The van der Waals surface area contributed by atoms with Crippen molar-refractivity contribution in [3.63, 3.8) is 0 Å². The highest BCUT2D eigenvalue weighted by Crippen LogP contribution is 2.22. The highest BCUT2D eigenvalue weighted by atomic mass is 32.2. The van der Waals surface area contributed by atoms with Crippen molar-refractivity contribution in [3.05, 3.63) is 78.9 Å². The molecule has 2 aromatic rings. The number of benzene rings is 2. The van der Waals surface area contributed by atoms with E-state index in [-0.39, 0.29) is 12.1 Å². The maximum atomic E-state index is 12.4. The maximum absolute atomic E-state index is 12.4. The minimum Gasteiger partial charge on any atom is -0.444 e. The van der Waals surface area contributed by atoms with Crippen LogP contribution >= 0.6 is 11.8 Å². The van der Waals surface area contributed by atoms with Gasteiger partial charge in [-0.2, -0.15) is 0 Å². The molecular weight excluding hydrogens is 382 g/mol. The quantitative estimate of drug-likeness (QED) is 0.393. The van der Waals surface area contributed by atoms with Crippen LogP contribution in [0.25, 0.3) is 0 Å². The van der Waals surface area contributed by atoms with E-state index < -0.39 is 11.7 Å². The fraction of sp³-hybridized carbons (Fsp3) is 0.375. The molecule has 0 aromatic heterocycles. The first-order valence-corrected chi connectivity index (χ1v) is 10.8. The Morgan fingerprint density at radius 1 is 1.10 bits per heavy atom. The average molecular weight is 414 g/mol. The van der Waals surface area contributed by atoms with Crippen molar-refractivity contribution >= 4 is 17.9 Å². The molecule has 4 nitrogen and oxygen atoms in total. The van der Waals surface area contributed by atoms with Crippen molar-refractivity contribution < 1.29 is 14.3 Å². The molecule has 0 saturated heterocycles. The molecule has 0 unspecified atom stereocenters. The van der Waals surface area contributed by atoms with Gasteiger partial charge in [0.1, 0.15) is 5.60 Å². The number of ether oxygens (including phenoxy) is 2. The predicted molar refractivity (Wildman–Crippen MR) is 120 cm³/mol. The molecule has 156 valence electrons. The first kappa shape index (κ1) is 23.0. The molecule has 0 aliphatic rings. The molecule has 2 aromatic carbocycles. The fourth-order valence-electron chi connectivity index (χ4n) is 2.69. The van der Waals surface area contributed by atoms with Gasteiger partial charge < -0.3 is 14.8 Å². The maximum Gasteiger partial charge on any atom is 0.407 e. The van der Waals surface area contributed by atoms with E-state index in [9.17, 15) is 4.79 Å². The Hall–Kier alpha value is -2.24. The molecule has 5 heteroatoms. The number of hydrogen-bond donors (Lipinski definition) is 1. The lowest BCUT2D eigenvalue weighted by atomic mass is 10.1. The van der Waals surface area contributed by atoms with Gasteiger partial charge in [0.2, 0.25) is 0 Å². The lowest BCUT2D eigenvalue weighted by molar-refractivity contribution is 0.0119. The highest BCUT2D eigenvalue weighted by Gasteiger charge is 2.26. The summed E-state index contributed by atoms with van der Waals surface area (Å²) in [6, 6.07) is 19.9. The SMILES string of the molecule is C=CC[C@@H](OCc1ccccc1)[C@@H](CSc1ccccc1)NC(=O)OC(C)(C)C. The van der Waals surface area contributed by atoms with Gasteiger partial charge in [-0.1, -0.05) is 54.6 Å². The van der Waals surface area contributed by atoms with E-state index in [0.717, 1.165) is 10.5 Å². The van der Waals surface area contributed by atoms with E-state index in [2.05, 4.69) is 24.0 Å². The normalized spacial score (nSPS) is 13.3. The lowest BCUT2D eigenvalue weighted by Crippen LogP contribution is -2.47. The number of amides is 1. The van der Waals surface area contributed by atoms with E-state index in [1.54, 1.807) is 11.8 Å². The Balaban J connectivity index is 2.09. The Morgan fingerprint density at radius 2 is 1.72 bits per heavy atom. The summed E-state index contributed by atoms with van der Waals surface area (Å²) in [5.74, 6) is 0.663. The van der Waals surface area contributed by atoms with Crippen molar-refractivity contribution in [2.24, 2.45) is 0 Å². The third-order valence-corrected chi connectivity index (χ3v) is 5.16. The second-order valence-corrected chi connectivity index (χ2v) is 8.83.